The maximum absolute atomic E-state index is 13.1. The number of nitrogen functional groups attached to an aromatic ring is 1. The van der Waals surface area contributed by atoms with Crippen LogP contribution in [0.4, 0.5) is 5.69 Å². The zero-order chi connectivity index (χ0) is 20.1. The number of anilines is 1. The van der Waals surface area contributed by atoms with Crippen molar-refractivity contribution in [2.75, 3.05) is 5.73 Å². The number of aromatic nitrogens is 5. The fourth-order valence-corrected chi connectivity index (χ4v) is 6.84. The molecular weight excluding hydrogens is 404 g/mol. The van der Waals surface area contributed by atoms with Crippen molar-refractivity contribution >= 4 is 38.4 Å². The first kappa shape index (κ1) is 18.5. The smallest absolute Gasteiger partial charge is 0.232 e. The lowest BCUT2D eigenvalue weighted by Gasteiger charge is -2.27. The summed E-state index contributed by atoms with van der Waals surface area (Å²) in [5, 5.41) is 5.54. The molecule has 4 aromatic heterocycles. The van der Waals surface area contributed by atoms with Crippen molar-refractivity contribution in [1.29, 1.82) is 0 Å². The van der Waals surface area contributed by atoms with Crippen LogP contribution in [0.15, 0.2) is 35.1 Å². The summed E-state index contributed by atoms with van der Waals surface area (Å²) in [5.41, 5.74) is 11.5. The van der Waals surface area contributed by atoms with Gasteiger partial charge in [-0.1, -0.05) is 11.3 Å². The largest absolute Gasteiger partial charge is 0.611 e. The van der Waals surface area contributed by atoms with E-state index in [2.05, 4.69) is 15.1 Å². The van der Waals surface area contributed by atoms with Crippen LogP contribution >= 0.6 is 11.3 Å². The average Bonchev–Trinajstić information content (AvgIpc) is 3.19. The van der Waals surface area contributed by atoms with E-state index in [-0.39, 0.29) is 5.25 Å². The monoisotopic (exact) mass is 424 g/mol. The molecule has 0 radical (unpaired) electrons. The Labute approximate surface area is 175 Å². The van der Waals surface area contributed by atoms with Crippen molar-refractivity contribution in [1.82, 2.24) is 24.7 Å². The van der Waals surface area contributed by atoms with Gasteiger partial charge >= 0.3 is 0 Å². The first-order valence-electron chi connectivity index (χ1n) is 9.43. The molecule has 0 spiro atoms. The summed E-state index contributed by atoms with van der Waals surface area (Å²) >= 11 is 0.338. The summed E-state index contributed by atoms with van der Waals surface area (Å²) in [5.74, 6) is 0. The van der Waals surface area contributed by atoms with E-state index in [1.54, 1.807) is 12.4 Å². The summed E-state index contributed by atoms with van der Waals surface area (Å²) in [6.07, 6.45) is 8.10. The van der Waals surface area contributed by atoms with E-state index in [0.717, 1.165) is 61.9 Å². The number of rotatable bonds is 4. The molecule has 1 saturated carbocycles. The van der Waals surface area contributed by atoms with Crippen LogP contribution in [0.2, 0.25) is 0 Å². The SMILES string of the molecule is Cc1cc(-c2cc(-c3cncnc3)nc3sc([S+]([O-])C4CCC4)c(N)c23)n(C)n1. The van der Waals surface area contributed by atoms with E-state index in [1.165, 1.54) is 17.7 Å². The molecule has 148 valence electrons. The number of pyridine rings is 1. The van der Waals surface area contributed by atoms with Gasteiger partial charge in [-0.2, -0.15) is 5.10 Å². The molecule has 29 heavy (non-hydrogen) atoms. The summed E-state index contributed by atoms with van der Waals surface area (Å²) in [6, 6.07) is 4.02. The van der Waals surface area contributed by atoms with Gasteiger partial charge in [0.2, 0.25) is 4.21 Å². The molecule has 5 rings (SSSR count). The molecule has 1 atom stereocenters. The lowest BCUT2D eigenvalue weighted by molar-refractivity contribution is 0.478. The molecule has 0 amide bonds. The van der Waals surface area contributed by atoms with E-state index in [9.17, 15) is 4.55 Å². The minimum Gasteiger partial charge on any atom is -0.611 e. The Bertz CT molecular complexity index is 1200. The van der Waals surface area contributed by atoms with Gasteiger partial charge in [0.1, 0.15) is 22.1 Å². The maximum atomic E-state index is 13.1. The minimum atomic E-state index is -1.10. The molecule has 1 aliphatic rings. The number of nitrogens with two attached hydrogens (primary N) is 1. The molecule has 0 saturated heterocycles. The molecule has 4 heterocycles. The van der Waals surface area contributed by atoms with Crippen molar-refractivity contribution in [3.8, 4) is 22.5 Å². The van der Waals surface area contributed by atoms with E-state index >= 15 is 0 Å². The molecule has 1 fully saturated rings. The van der Waals surface area contributed by atoms with Crippen molar-refractivity contribution in [3.63, 3.8) is 0 Å². The molecule has 4 aromatic rings. The molecule has 1 unspecified atom stereocenters. The van der Waals surface area contributed by atoms with Gasteiger partial charge in [0, 0.05) is 47.1 Å². The fraction of sp³-hybridized carbons (Fsp3) is 0.300. The van der Waals surface area contributed by atoms with E-state index < -0.39 is 11.2 Å². The fourth-order valence-electron chi connectivity index (χ4n) is 3.63. The number of thiophene rings is 1. The van der Waals surface area contributed by atoms with E-state index in [4.69, 9.17) is 10.7 Å². The third kappa shape index (κ3) is 3.09. The Morgan fingerprint density at radius 1 is 1.24 bits per heavy atom. The first-order chi connectivity index (χ1) is 14.0. The predicted molar refractivity (Wildman–Crippen MR) is 116 cm³/mol. The highest BCUT2D eigenvalue weighted by atomic mass is 32.2. The number of hydrogen-bond acceptors (Lipinski definition) is 7. The molecule has 0 aliphatic heterocycles. The Morgan fingerprint density at radius 2 is 2.00 bits per heavy atom. The molecule has 1 aliphatic carbocycles. The Balaban J connectivity index is 1.77. The van der Waals surface area contributed by atoms with Crippen LogP contribution in [0.1, 0.15) is 25.0 Å². The normalized spacial score (nSPS) is 15.6. The highest BCUT2D eigenvalue weighted by Crippen LogP contribution is 2.45. The number of fused-ring (bicyclic) bond motifs is 1. The van der Waals surface area contributed by atoms with Gasteiger partial charge in [-0.15, -0.1) is 0 Å². The lowest BCUT2D eigenvalue weighted by atomic mass is 10.00. The second kappa shape index (κ2) is 7.08. The van der Waals surface area contributed by atoms with Gasteiger partial charge in [-0.25, -0.2) is 15.0 Å². The van der Waals surface area contributed by atoms with Crippen molar-refractivity contribution in [2.24, 2.45) is 7.05 Å². The highest BCUT2D eigenvalue weighted by molar-refractivity contribution is 7.94. The van der Waals surface area contributed by atoms with Crippen LogP contribution < -0.4 is 5.73 Å². The van der Waals surface area contributed by atoms with Crippen LogP contribution in [0, 0.1) is 6.92 Å². The summed E-state index contributed by atoms with van der Waals surface area (Å²) in [7, 11) is 1.91. The zero-order valence-corrected chi connectivity index (χ0v) is 17.8. The topological polar surface area (TPSA) is 106 Å². The predicted octanol–water partition coefficient (Wildman–Crippen LogP) is 3.70. The molecule has 9 heteroatoms. The highest BCUT2D eigenvalue weighted by Gasteiger charge is 2.35. The third-order valence-corrected chi connectivity index (χ3v) is 8.64. The number of aryl methyl sites for hydroxylation is 2. The molecular formula is C20H20N6OS2. The van der Waals surface area contributed by atoms with Crippen LogP contribution in [-0.4, -0.2) is 34.5 Å². The summed E-state index contributed by atoms with van der Waals surface area (Å²) in [4.78, 5) is 13.8. The Kier molecular flexibility index (Phi) is 4.53. The molecule has 7 nitrogen and oxygen atoms in total. The molecule has 0 bridgehead atoms. The van der Waals surface area contributed by atoms with Crippen molar-refractivity contribution in [3.05, 3.63) is 36.5 Å². The number of nitrogens with zero attached hydrogens (tertiary/aromatic N) is 5. The Hall–Kier alpha value is -2.49. The van der Waals surface area contributed by atoms with Gasteiger partial charge < -0.3 is 10.3 Å². The van der Waals surface area contributed by atoms with Crippen LogP contribution in [-0.2, 0) is 18.2 Å². The van der Waals surface area contributed by atoms with Crippen LogP contribution in [0.3, 0.4) is 0 Å². The maximum Gasteiger partial charge on any atom is 0.232 e. The van der Waals surface area contributed by atoms with Gasteiger partial charge in [-0.3, -0.25) is 4.68 Å². The standard InChI is InChI=1S/C20H20N6OS2/c1-11-6-16(26(2)25-11)14-7-15(12-8-22-10-23-9-12)24-19-17(14)18(21)20(28-19)29(27)13-4-3-5-13/h6-10,13H,3-5,21H2,1-2H3. The van der Waals surface area contributed by atoms with Gasteiger partial charge in [-0.05, 0) is 38.3 Å². The molecule has 2 N–H and O–H groups in total. The minimum absolute atomic E-state index is 0.203. The second-order valence-electron chi connectivity index (χ2n) is 7.31. The Morgan fingerprint density at radius 3 is 2.62 bits per heavy atom. The van der Waals surface area contributed by atoms with Crippen molar-refractivity contribution < 1.29 is 4.55 Å². The van der Waals surface area contributed by atoms with E-state index in [0.29, 0.717) is 5.69 Å². The summed E-state index contributed by atoms with van der Waals surface area (Å²) < 4.78 is 15.6. The van der Waals surface area contributed by atoms with Crippen LogP contribution in [0.25, 0.3) is 32.7 Å². The summed E-state index contributed by atoms with van der Waals surface area (Å²) in [6.45, 7) is 1.96. The van der Waals surface area contributed by atoms with Crippen LogP contribution in [0.5, 0.6) is 0 Å². The third-order valence-electron chi connectivity index (χ3n) is 5.34. The van der Waals surface area contributed by atoms with Crippen molar-refractivity contribution in [2.45, 2.75) is 35.6 Å². The lowest BCUT2D eigenvalue weighted by Crippen LogP contribution is -2.28. The quantitative estimate of drug-likeness (QED) is 0.501. The van der Waals surface area contributed by atoms with Gasteiger partial charge in [0.15, 0.2) is 0 Å². The van der Waals surface area contributed by atoms with E-state index in [1.807, 2.05) is 30.8 Å². The van der Waals surface area contributed by atoms with Gasteiger partial charge in [0.05, 0.1) is 17.1 Å². The molecule has 0 aromatic carbocycles. The number of hydrogen-bond donors (Lipinski definition) is 1. The average molecular weight is 425 g/mol. The second-order valence-corrected chi connectivity index (χ2v) is 10.2. The zero-order valence-electron chi connectivity index (χ0n) is 16.1. The first-order valence-corrected chi connectivity index (χ1v) is 11.5. The van der Waals surface area contributed by atoms with Gasteiger partial charge in [0.25, 0.3) is 0 Å².